The first kappa shape index (κ1) is 56.9. The molecular formula is C40H80B2N12O11P2. The number of alkyl carbamates (subject to hydrolysis) is 1. The van der Waals surface area contributed by atoms with E-state index in [-0.39, 0.29) is 76.2 Å². The lowest BCUT2D eigenvalue weighted by Gasteiger charge is -2.53. The Morgan fingerprint density at radius 3 is 1.94 bits per heavy atom. The highest BCUT2D eigenvalue weighted by atomic mass is 31.2. The number of likely N-dealkylation sites (N-methyl/N-ethyl adjacent to an activating group) is 1. The molecule has 0 radical (unpaired) electrons. The van der Waals surface area contributed by atoms with Crippen LogP contribution in [0.3, 0.4) is 0 Å². The smallest absolute Gasteiger partial charge is 0.406 e. The number of nitrogens with one attached hydrogen (secondary N) is 2. The summed E-state index contributed by atoms with van der Waals surface area (Å²) in [6, 6.07) is -0.138. The molecule has 67 heavy (non-hydrogen) atoms. The molecule has 3 fully saturated rings. The van der Waals surface area contributed by atoms with Crippen molar-refractivity contribution in [2.45, 2.75) is 88.2 Å². The first-order valence-corrected chi connectivity index (χ1v) is 26.8. The SMILES string of the molecule is BC1CNCC(COP(=O)(N(C)C)C(CC)(CC)N2CC(B)OC(COP(=O)(N(C)C)C(CC)(CC)N3CCN(c4nc(OCCOCCNC(=O)OC)nc(N(C)CC(N)=O)n4)CC3)C2)O1. The summed E-state index contributed by atoms with van der Waals surface area (Å²) in [6.07, 6.45) is 1.04. The van der Waals surface area contributed by atoms with Gasteiger partial charge in [0.1, 0.15) is 32.9 Å². The van der Waals surface area contributed by atoms with Gasteiger partial charge in [-0.2, -0.15) is 15.0 Å². The second kappa shape index (κ2) is 26.0. The lowest BCUT2D eigenvalue weighted by atomic mass is 9.95. The Labute approximate surface area is 400 Å². The second-order valence-corrected chi connectivity index (χ2v) is 23.7. The molecule has 4 rings (SSSR count). The summed E-state index contributed by atoms with van der Waals surface area (Å²) < 4.78 is 76.5. The van der Waals surface area contributed by atoms with Gasteiger partial charge in [-0.15, -0.1) is 0 Å². The van der Waals surface area contributed by atoms with Crippen molar-refractivity contribution in [2.75, 3.05) is 151 Å². The van der Waals surface area contributed by atoms with E-state index < -0.39 is 43.7 Å². The lowest BCUT2D eigenvalue weighted by Crippen LogP contribution is -2.60. The number of aromatic nitrogens is 3. The fraction of sp³-hybridized carbons (Fsp3) is 0.875. The molecule has 1 aromatic heterocycles. The molecule has 4 heterocycles. The summed E-state index contributed by atoms with van der Waals surface area (Å²) in [5, 5.41) is 4.24. The first-order valence-electron chi connectivity index (χ1n) is 23.7. The normalized spacial score (nSPS) is 23.1. The standard InChI is InChI=1S/C40H80B2N12O11P2/c1-11-39(12-2,53-18-16-52(17-19-53)36-46-35(51(9)27-34(43)55)47-37(48-36)61-22-21-60-20-15-45-38(56)59-10)66(57,49(5)6)63-29-31-25-54(26-33(42)65-31)40(13-3,14-4)67(58,50(7)8)62-28-30-23-44-24-32(41)64-30/h30-33,44H,11-29,41-42H2,1-10H3,(H2,43,55)(H,45,56). The highest BCUT2D eigenvalue weighted by Crippen LogP contribution is 2.66. The van der Waals surface area contributed by atoms with Crippen LogP contribution in [-0.2, 0) is 41.9 Å². The Morgan fingerprint density at radius 2 is 1.39 bits per heavy atom. The second-order valence-electron chi connectivity index (χ2n) is 17.8. The number of carbonyl (C=O) groups excluding carboxylic acids is 2. The Hall–Kier alpha value is -2.66. The monoisotopic (exact) mass is 989 g/mol. The number of amides is 2. The zero-order chi connectivity index (χ0) is 49.6. The third-order valence-corrected chi connectivity index (χ3v) is 20.1. The maximum Gasteiger partial charge on any atom is 0.406 e. The van der Waals surface area contributed by atoms with E-state index in [9.17, 15) is 9.59 Å². The Morgan fingerprint density at radius 1 is 0.806 bits per heavy atom. The molecule has 23 nitrogen and oxygen atoms in total. The number of carbonyl (C=O) groups is 2. The minimum Gasteiger partial charge on any atom is -0.461 e. The Kier molecular flexibility index (Phi) is 22.1. The fourth-order valence-corrected chi connectivity index (χ4v) is 15.4. The zero-order valence-corrected chi connectivity index (χ0v) is 44.0. The molecule has 382 valence electrons. The van der Waals surface area contributed by atoms with Crippen molar-refractivity contribution in [3.63, 3.8) is 0 Å². The molecule has 0 aliphatic carbocycles. The quantitative estimate of drug-likeness (QED) is 0.0590. The highest BCUT2D eigenvalue weighted by Gasteiger charge is 2.56. The summed E-state index contributed by atoms with van der Waals surface area (Å²) in [5.74, 6) is 0.00645. The fourth-order valence-electron chi connectivity index (χ4n) is 9.51. The molecule has 2 amide bonds. The van der Waals surface area contributed by atoms with E-state index in [2.05, 4.69) is 67.8 Å². The van der Waals surface area contributed by atoms with Crippen molar-refractivity contribution in [3.8, 4) is 6.01 Å². The molecular weight excluding hydrogens is 908 g/mol. The van der Waals surface area contributed by atoms with Gasteiger partial charge in [-0.3, -0.25) is 23.7 Å². The van der Waals surface area contributed by atoms with Crippen molar-refractivity contribution < 1.29 is 51.5 Å². The van der Waals surface area contributed by atoms with Crippen molar-refractivity contribution >= 4 is 54.6 Å². The summed E-state index contributed by atoms with van der Waals surface area (Å²) in [4.78, 5) is 44.9. The van der Waals surface area contributed by atoms with Crippen molar-refractivity contribution in [3.05, 3.63) is 0 Å². The topological polar surface area (TPSA) is 241 Å². The molecule has 6 atom stereocenters. The molecule has 3 aliphatic rings. The largest absolute Gasteiger partial charge is 0.461 e. The summed E-state index contributed by atoms with van der Waals surface area (Å²) in [6.45, 7) is 13.6. The van der Waals surface area contributed by atoms with Crippen LogP contribution in [0.2, 0.25) is 0 Å². The van der Waals surface area contributed by atoms with Gasteiger partial charge in [-0.05, 0) is 53.9 Å². The highest BCUT2D eigenvalue weighted by molar-refractivity contribution is 7.58. The third kappa shape index (κ3) is 13.8. The van der Waals surface area contributed by atoms with Crippen molar-refractivity contribution in [2.24, 2.45) is 5.73 Å². The molecule has 6 unspecified atom stereocenters. The molecule has 3 aliphatic heterocycles. The van der Waals surface area contributed by atoms with E-state index in [0.29, 0.717) is 77.4 Å². The van der Waals surface area contributed by atoms with Crippen LogP contribution in [-0.4, -0.2) is 237 Å². The number of anilines is 2. The van der Waals surface area contributed by atoms with E-state index in [4.69, 9.17) is 33.7 Å². The van der Waals surface area contributed by atoms with Gasteiger partial charge in [0.05, 0.1) is 52.3 Å². The maximum absolute atomic E-state index is 15.7. The van der Waals surface area contributed by atoms with E-state index in [1.165, 1.54) is 12.0 Å². The van der Waals surface area contributed by atoms with Crippen LogP contribution in [0.15, 0.2) is 0 Å². The van der Waals surface area contributed by atoms with Crippen molar-refractivity contribution in [1.82, 2.24) is 44.7 Å². The predicted molar refractivity (Wildman–Crippen MR) is 263 cm³/mol. The number of nitrogens with zero attached hydrogens (tertiary/aromatic N) is 9. The average molecular weight is 989 g/mol. The number of methoxy groups -OCH3 is 1. The zero-order valence-electron chi connectivity index (χ0n) is 42.2. The third-order valence-electron chi connectivity index (χ3n) is 13.0. The van der Waals surface area contributed by atoms with Gasteiger partial charge in [0.2, 0.25) is 17.8 Å². The van der Waals surface area contributed by atoms with Gasteiger partial charge >= 0.3 is 12.1 Å². The van der Waals surface area contributed by atoms with E-state index in [0.717, 1.165) is 6.54 Å². The van der Waals surface area contributed by atoms with Gasteiger partial charge in [0.15, 0.2) is 0 Å². The Balaban J connectivity index is 1.50. The number of ether oxygens (including phenoxy) is 5. The van der Waals surface area contributed by atoms with Crippen LogP contribution in [0, 0.1) is 0 Å². The number of morpholine rings is 2. The molecule has 0 spiro atoms. The van der Waals surface area contributed by atoms with Gasteiger partial charge < -0.3 is 58.9 Å². The molecule has 0 bridgehead atoms. The summed E-state index contributed by atoms with van der Waals surface area (Å²) in [5.41, 5.74) is 5.50. The molecule has 3 saturated heterocycles. The number of hydrogen-bond donors (Lipinski definition) is 3. The van der Waals surface area contributed by atoms with Gasteiger partial charge in [0.25, 0.3) is 15.0 Å². The molecule has 0 aromatic carbocycles. The lowest BCUT2D eigenvalue weighted by molar-refractivity contribution is -0.116. The summed E-state index contributed by atoms with van der Waals surface area (Å²) >= 11 is 0. The van der Waals surface area contributed by atoms with Crippen LogP contribution in [0.5, 0.6) is 6.01 Å². The summed E-state index contributed by atoms with van der Waals surface area (Å²) in [7, 11) is 7.12. The number of nitrogens with two attached hydrogens (primary N) is 1. The van der Waals surface area contributed by atoms with Gasteiger partial charge in [0, 0.05) is 78.0 Å². The average Bonchev–Trinajstić information content (AvgIpc) is 3.30. The van der Waals surface area contributed by atoms with E-state index in [1.54, 1.807) is 16.4 Å². The number of piperazine rings is 1. The van der Waals surface area contributed by atoms with E-state index >= 15 is 9.13 Å². The first-order chi connectivity index (χ1) is 31.8. The number of primary amides is 1. The van der Waals surface area contributed by atoms with E-state index in [1.807, 2.05) is 48.8 Å². The van der Waals surface area contributed by atoms with Crippen LogP contribution < -0.4 is 30.9 Å². The number of hydrogen-bond acceptors (Lipinski definition) is 19. The van der Waals surface area contributed by atoms with Crippen molar-refractivity contribution in [1.29, 1.82) is 0 Å². The molecule has 0 saturated carbocycles. The molecule has 4 N–H and O–H groups in total. The van der Waals surface area contributed by atoms with Crippen LogP contribution in [0.1, 0.15) is 53.4 Å². The maximum atomic E-state index is 15.7. The minimum atomic E-state index is -3.62. The van der Waals surface area contributed by atoms with Gasteiger partial charge in [-0.1, -0.05) is 27.7 Å². The molecule has 1 aromatic rings. The minimum absolute atomic E-state index is 0.0362. The van der Waals surface area contributed by atoms with Crippen LogP contribution >= 0.6 is 15.0 Å². The van der Waals surface area contributed by atoms with Crippen LogP contribution in [0.25, 0.3) is 0 Å². The number of rotatable bonds is 27. The molecule has 27 heteroatoms. The Bertz CT molecular complexity index is 1820. The van der Waals surface area contributed by atoms with Crippen LogP contribution in [0.4, 0.5) is 16.7 Å². The predicted octanol–water partition coefficient (Wildman–Crippen LogP) is -0.151. The van der Waals surface area contributed by atoms with Gasteiger partial charge in [-0.25, -0.2) is 14.1 Å².